The summed E-state index contributed by atoms with van der Waals surface area (Å²) in [4.78, 5) is 50.1. The fraction of sp³-hybridized carbons (Fsp3) is 0.438. The van der Waals surface area contributed by atoms with Gasteiger partial charge in [0.25, 0.3) is 0 Å². The number of ether oxygens (including phenoxy) is 2. The molecule has 0 saturated heterocycles. The van der Waals surface area contributed by atoms with E-state index in [-0.39, 0.29) is 12.3 Å². The molecule has 2 rings (SSSR count). The highest BCUT2D eigenvalue weighted by atomic mass is 79.9. The molecule has 0 bridgehead atoms. The summed E-state index contributed by atoms with van der Waals surface area (Å²) in [7, 11) is 1.19. The Kier molecular flexibility index (Phi) is 19.5. The van der Waals surface area contributed by atoms with Crippen LogP contribution in [0.25, 0.3) is 16.7 Å². The van der Waals surface area contributed by atoms with Gasteiger partial charge in [-0.15, -0.1) is 0 Å². The number of benzene rings is 2. The van der Waals surface area contributed by atoms with Gasteiger partial charge in [-0.25, -0.2) is 9.59 Å². The predicted molar refractivity (Wildman–Crippen MR) is 169 cm³/mol. The number of hydrogen-bond acceptors (Lipinski definition) is 6. The van der Waals surface area contributed by atoms with Crippen LogP contribution in [0.2, 0.25) is 0 Å². The first kappa shape index (κ1) is 37.5. The minimum absolute atomic E-state index is 0.290. The third-order valence-electron chi connectivity index (χ3n) is 5.50. The van der Waals surface area contributed by atoms with E-state index in [1.54, 1.807) is 12.1 Å². The summed E-state index contributed by atoms with van der Waals surface area (Å²) < 4.78 is 9.65. The van der Waals surface area contributed by atoms with Gasteiger partial charge in [0, 0.05) is 17.4 Å². The van der Waals surface area contributed by atoms with Crippen molar-refractivity contribution in [1.82, 2.24) is 10.2 Å². The van der Waals surface area contributed by atoms with E-state index < -0.39 is 30.6 Å². The van der Waals surface area contributed by atoms with Crippen molar-refractivity contribution in [1.29, 1.82) is 0 Å². The number of Topliss-reactive ketones (excluding diaryl/α,β-unsaturated/α-hetero) is 1. The first-order valence-corrected chi connectivity index (χ1v) is 15.0. The van der Waals surface area contributed by atoms with Crippen LogP contribution < -0.4 is 5.32 Å². The molecule has 9 heteroatoms. The monoisotopic (exact) mass is 632 g/mol. The maximum Gasteiger partial charge on any atom is 0.407 e. The van der Waals surface area contributed by atoms with Crippen molar-refractivity contribution in [3.63, 3.8) is 0 Å². The number of carbonyl (C=O) groups is 4. The zero-order valence-corrected chi connectivity index (χ0v) is 27.0. The van der Waals surface area contributed by atoms with Crippen molar-refractivity contribution in [2.45, 2.75) is 60.4 Å². The number of ketones is 1. The van der Waals surface area contributed by atoms with Crippen molar-refractivity contribution in [3.05, 3.63) is 66.2 Å². The van der Waals surface area contributed by atoms with Crippen molar-refractivity contribution >= 4 is 45.3 Å². The third kappa shape index (κ3) is 13.2. The van der Waals surface area contributed by atoms with Crippen molar-refractivity contribution in [3.8, 4) is 11.1 Å². The van der Waals surface area contributed by atoms with E-state index >= 15 is 0 Å². The molecule has 0 aliphatic carbocycles. The molecule has 0 radical (unpaired) electrons. The van der Waals surface area contributed by atoms with E-state index in [0.29, 0.717) is 23.9 Å². The standard InChI is InChI=1S/C27H31BrN2O6.C3H8.C2H6/c1-5-14-30(25(32)16-29-27(34)35-4)19(3)26(33)36-17-24(31)23-12-10-22(11-13-23)21-8-6-20(7-9-21)18(2)15-28;1-3-2;1-2/h6-13,19H,2,5,14-17H2,1,3-4H3,(H,29,34);3H2,1-2H3;1-2H3. The normalized spacial score (nSPS) is 10.4. The Morgan fingerprint density at radius 1 is 0.927 bits per heavy atom. The molecule has 1 atom stereocenters. The fourth-order valence-electron chi connectivity index (χ4n) is 3.39. The first-order chi connectivity index (χ1) is 19.6. The molecule has 2 amide bonds. The number of esters is 1. The van der Waals surface area contributed by atoms with E-state index in [0.717, 1.165) is 22.3 Å². The summed E-state index contributed by atoms with van der Waals surface area (Å²) >= 11 is 3.40. The minimum atomic E-state index is -0.921. The van der Waals surface area contributed by atoms with Crippen LogP contribution in [-0.4, -0.2) is 66.8 Å². The number of hydrogen-bond donors (Lipinski definition) is 1. The Bertz CT molecular complexity index is 1100. The molecule has 0 aromatic heterocycles. The highest BCUT2D eigenvalue weighted by Crippen LogP contribution is 2.23. The molecule has 1 unspecified atom stereocenters. The molecule has 0 aliphatic heterocycles. The number of amides is 2. The Morgan fingerprint density at radius 2 is 1.41 bits per heavy atom. The van der Waals surface area contributed by atoms with Crippen LogP contribution in [0, 0.1) is 0 Å². The maximum absolute atomic E-state index is 12.6. The van der Waals surface area contributed by atoms with Crippen molar-refractivity contribution < 1.29 is 28.7 Å². The van der Waals surface area contributed by atoms with Gasteiger partial charge in [-0.2, -0.15) is 0 Å². The molecule has 0 fully saturated rings. The second kappa shape index (κ2) is 21.3. The number of nitrogens with one attached hydrogen (secondary N) is 1. The van der Waals surface area contributed by atoms with Crippen LogP contribution in [0.3, 0.4) is 0 Å². The maximum atomic E-state index is 12.6. The van der Waals surface area contributed by atoms with Crippen LogP contribution in [0.5, 0.6) is 0 Å². The molecule has 0 saturated carbocycles. The summed E-state index contributed by atoms with van der Waals surface area (Å²) in [6, 6.07) is 14.1. The Morgan fingerprint density at radius 3 is 1.85 bits per heavy atom. The largest absolute Gasteiger partial charge is 0.456 e. The summed E-state index contributed by atoms with van der Waals surface area (Å²) in [5.41, 5.74) is 4.40. The molecule has 2 aromatic rings. The van der Waals surface area contributed by atoms with Gasteiger partial charge >= 0.3 is 12.1 Å². The lowest BCUT2D eigenvalue weighted by atomic mass is 10.00. The molecule has 1 N–H and O–H groups in total. The molecule has 41 heavy (non-hydrogen) atoms. The van der Waals surface area contributed by atoms with Gasteiger partial charge in [-0.3, -0.25) is 9.59 Å². The topological polar surface area (TPSA) is 102 Å². The fourth-order valence-corrected chi connectivity index (χ4v) is 3.71. The van der Waals surface area contributed by atoms with Crippen LogP contribution in [-0.2, 0) is 19.1 Å². The van der Waals surface area contributed by atoms with Crippen molar-refractivity contribution in [2.24, 2.45) is 0 Å². The first-order valence-electron chi connectivity index (χ1n) is 13.9. The van der Waals surface area contributed by atoms with Crippen LogP contribution in [0.4, 0.5) is 4.79 Å². The average Bonchev–Trinajstić information content (AvgIpc) is 3.01. The number of halogens is 1. The van der Waals surface area contributed by atoms with Gasteiger partial charge in [-0.1, -0.05) is 112 Å². The lowest BCUT2D eigenvalue weighted by Crippen LogP contribution is -2.48. The third-order valence-corrected chi connectivity index (χ3v) is 6.18. The number of alkyl carbamates (subject to hydrolysis) is 1. The number of alkyl halides is 1. The van der Waals surface area contributed by atoms with E-state index in [2.05, 4.69) is 46.4 Å². The lowest BCUT2D eigenvalue weighted by Gasteiger charge is -2.27. The number of allylic oxidation sites excluding steroid dienone is 1. The predicted octanol–water partition coefficient (Wildman–Crippen LogP) is 6.91. The van der Waals surface area contributed by atoms with Gasteiger partial charge in [0.05, 0.1) is 7.11 Å². The molecule has 226 valence electrons. The molecule has 0 spiro atoms. The Hall–Kier alpha value is -3.46. The van der Waals surface area contributed by atoms with Crippen LogP contribution in [0.15, 0.2) is 55.1 Å². The van der Waals surface area contributed by atoms with Crippen molar-refractivity contribution in [2.75, 3.05) is 32.1 Å². The SMILES string of the molecule is C=C(CBr)c1ccc(-c2ccc(C(=O)COC(=O)C(C)N(CCC)C(=O)CNC(=O)OC)cc2)cc1.CC.CCC. The number of methoxy groups -OCH3 is 1. The van der Waals surface area contributed by atoms with Crippen LogP contribution >= 0.6 is 15.9 Å². The Balaban J connectivity index is 0.00000299. The summed E-state index contributed by atoms with van der Waals surface area (Å²) in [6.45, 7) is 15.2. The van der Waals surface area contributed by atoms with Gasteiger partial charge in [0.15, 0.2) is 12.4 Å². The number of nitrogens with zero attached hydrogens (tertiary/aromatic N) is 1. The lowest BCUT2D eigenvalue weighted by molar-refractivity contribution is -0.153. The smallest absolute Gasteiger partial charge is 0.407 e. The molecular weight excluding hydrogens is 588 g/mol. The van der Waals surface area contributed by atoms with Crippen LogP contribution in [0.1, 0.15) is 70.3 Å². The van der Waals surface area contributed by atoms with E-state index in [4.69, 9.17) is 4.74 Å². The molecule has 0 aliphatic rings. The molecule has 8 nitrogen and oxygen atoms in total. The minimum Gasteiger partial charge on any atom is -0.456 e. The molecule has 0 heterocycles. The second-order valence-corrected chi connectivity index (χ2v) is 9.30. The zero-order chi connectivity index (χ0) is 31.4. The van der Waals surface area contributed by atoms with E-state index in [1.807, 2.05) is 57.2 Å². The van der Waals surface area contributed by atoms with Gasteiger partial charge in [0.2, 0.25) is 5.91 Å². The highest BCUT2D eigenvalue weighted by molar-refractivity contribution is 9.09. The highest BCUT2D eigenvalue weighted by Gasteiger charge is 2.27. The summed E-state index contributed by atoms with van der Waals surface area (Å²) in [5.74, 6) is -1.52. The van der Waals surface area contributed by atoms with Gasteiger partial charge in [0.1, 0.15) is 12.6 Å². The number of rotatable bonds is 12. The second-order valence-electron chi connectivity index (χ2n) is 8.74. The van der Waals surface area contributed by atoms with E-state index in [1.165, 1.54) is 25.4 Å². The average molecular weight is 634 g/mol. The summed E-state index contributed by atoms with van der Waals surface area (Å²) in [6.07, 6.45) is 1.10. The quantitative estimate of drug-likeness (QED) is 0.155. The van der Waals surface area contributed by atoms with Gasteiger partial charge < -0.3 is 19.7 Å². The summed E-state index contributed by atoms with van der Waals surface area (Å²) in [5, 5.41) is 3.00. The van der Waals surface area contributed by atoms with Gasteiger partial charge in [-0.05, 0) is 35.6 Å². The molecular formula is C32H45BrN2O6. The van der Waals surface area contributed by atoms with E-state index in [9.17, 15) is 19.2 Å². The Labute approximate surface area is 253 Å². The molecule has 2 aromatic carbocycles. The number of carbonyl (C=O) groups excluding carboxylic acids is 4. The zero-order valence-electron chi connectivity index (χ0n) is 25.4.